The number of carboxylic acids is 1. The number of rotatable bonds is 4. The van der Waals surface area contributed by atoms with Crippen LogP contribution < -0.4 is 9.47 Å². The molecule has 0 saturated carbocycles. The summed E-state index contributed by atoms with van der Waals surface area (Å²) in [7, 11) is 2.99. The van der Waals surface area contributed by atoms with E-state index in [1.807, 2.05) is 0 Å². The molecule has 0 amide bonds. The Bertz CT molecular complexity index is 466. The van der Waals surface area contributed by atoms with Gasteiger partial charge in [-0.25, -0.2) is 4.79 Å². The maximum Gasteiger partial charge on any atom is 0.328 e. The highest BCUT2D eigenvalue weighted by atomic mass is 35.5. The molecule has 0 aliphatic rings. The van der Waals surface area contributed by atoms with Gasteiger partial charge in [0.05, 0.1) is 19.2 Å². The normalized spacial score (nSPS) is 11.2. The van der Waals surface area contributed by atoms with Crippen LogP contribution in [0, 0.1) is 0 Å². The van der Waals surface area contributed by atoms with Gasteiger partial charge in [-0.3, -0.25) is 0 Å². The molecule has 4 nitrogen and oxygen atoms in total. The molecule has 1 aromatic carbocycles. The molecule has 0 fully saturated rings. The summed E-state index contributed by atoms with van der Waals surface area (Å²) in [4.78, 5) is 10.6. The Labute approximate surface area is 104 Å². The summed E-state index contributed by atoms with van der Waals surface area (Å²) in [5.74, 6) is -0.0372. The Morgan fingerprint density at radius 1 is 1.29 bits per heavy atom. The van der Waals surface area contributed by atoms with Crippen molar-refractivity contribution in [2.45, 2.75) is 6.92 Å². The van der Waals surface area contributed by atoms with Crippen molar-refractivity contribution in [3.63, 3.8) is 0 Å². The molecule has 0 bridgehead atoms. The van der Waals surface area contributed by atoms with Crippen molar-refractivity contribution in [2.75, 3.05) is 14.2 Å². The minimum absolute atomic E-state index is 0.413. The van der Waals surface area contributed by atoms with Crippen LogP contribution in [0.3, 0.4) is 0 Å². The molecule has 92 valence electrons. The van der Waals surface area contributed by atoms with Gasteiger partial charge in [0.1, 0.15) is 11.5 Å². The predicted molar refractivity (Wildman–Crippen MR) is 65.8 cm³/mol. The summed E-state index contributed by atoms with van der Waals surface area (Å²) < 4.78 is 10.2. The number of allylic oxidation sites excluding steroid dienone is 1. The second kappa shape index (κ2) is 5.59. The van der Waals surface area contributed by atoms with Gasteiger partial charge in [-0.15, -0.1) is 0 Å². The van der Waals surface area contributed by atoms with E-state index in [1.54, 1.807) is 19.1 Å². The molecule has 1 N–H and O–H groups in total. The summed E-state index contributed by atoms with van der Waals surface area (Å²) in [6.45, 7) is 1.68. The van der Waals surface area contributed by atoms with Crippen LogP contribution in [0.5, 0.6) is 11.5 Å². The van der Waals surface area contributed by atoms with Gasteiger partial charge in [0, 0.05) is 17.7 Å². The maximum absolute atomic E-state index is 10.6. The number of hydrogen-bond donors (Lipinski definition) is 1. The molecular formula is C12H13ClO4. The lowest BCUT2D eigenvalue weighted by atomic mass is 10.1. The number of halogens is 1. The van der Waals surface area contributed by atoms with E-state index < -0.39 is 5.97 Å². The molecule has 1 rings (SSSR count). The van der Waals surface area contributed by atoms with Gasteiger partial charge < -0.3 is 14.6 Å². The molecule has 17 heavy (non-hydrogen) atoms. The van der Waals surface area contributed by atoms with Crippen LogP contribution in [-0.4, -0.2) is 25.3 Å². The molecular weight excluding hydrogens is 244 g/mol. The zero-order valence-electron chi connectivity index (χ0n) is 9.78. The van der Waals surface area contributed by atoms with Gasteiger partial charge in [-0.05, 0) is 18.6 Å². The Morgan fingerprint density at radius 2 is 1.88 bits per heavy atom. The zero-order chi connectivity index (χ0) is 13.0. The Balaban J connectivity index is 3.35. The lowest BCUT2D eigenvalue weighted by Crippen LogP contribution is -1.95. The van der Waals surface area contributed by atoms with Crippen molar-refractivity contribution in [3.05, 3.63) is 28.8 Å². The van der Waals surface area contributed by atoms with Gasteiger partial charge in [-0.1, -0.05) is 11.6 Å². The third kappa shape index (κ3) is 3.14. The van der Waals surface area contributed by atoms with E-state index in [0.29, 0.717) is 27.7 Å². The van der Waals surface area contributed by atoms with Crippen LogP contribution in [0.15, 0.2) is 18.2 Å². The van der Waals surface area contributed by atoms with Crippen molar-refractivity contribution in [2.24, 2.45) is 0 Å². The van der Waals surface area contributed by atoms with Crippen LogP contribution >= 0.6 is 11.6 Å². The van der Waals surface area contributed by atoms with Crippen LogP contribution in [0.4, 0.5) is 0 Å². The average molecular weight is 257 g/mol. The lowest BCUT2D eigenvalue weighted by Gasteiger charge is -2.12. The smallest absolute Gasteiger partial charge is 0.328 e. The van der Waals surface area contributed by atoms with E-state index >= 15 is 0 Å². The topological polar surface area (TPSA) is 55.8 Å². The summed E-state index contributed by atoms with van der Waals surface area (Å²) in [5.41, 5.74) is 1.19. The van der Waals surface area contributed by atoms with Gasteiger partial charge >= 0.3 is 5.97 Å². The Hall–Kier alpha value is -1.68. The van der Waals surface area contributed by atoms with Gasteiger partial charge in [0.2, 0.25) is 0 Å². The third-order valence-corrected chi connectivity index (χ3v) is 2.53. The molecule has 1 aromatic rings. The highest BCUT2D eigenvalue weighted by Crippen LogP contribution is 2.35. The highest BCUT2D eigenvalue weighted by molar-refractivity contribution is 6.32. The minimum Gasteiger partial charge on any atom is -0.496 e. The zero-order valence-corrected chi connectivity index (χ0v) is 10.5. The first-order chi connectivity index (χ1) is 7.99. The van der Waals surface area contributed by atoms with Crippen molar-refractivity contribution in [3.8, 4) is 11.5 Å². The average Bonchev–Trinajstić information content (AvgIpc) is 2.27. The van der Waals surface area contributed by atoms with Crippen LogP contribution in [0.1, 0.15) is 12.5 Å². The van der Waals surface area contributed by atoms with Crippen LogP contribution in [0.2, 0.25) is 5.02 Å². The summed E-state index contributed by atoms with van der Waals surface area (Å²) in [6, 6.07) is 3.24. The maximum atomic E-state index is 10.6. The SMILES string of the molecule is COc1cc(/C(C)=C/C(=O)O)c(OC)cc1Cl. The highest BCUT2D eigenvalue weighted by Gasteiger charge is 2.11. The Morgan fingerprint density at radius 3 is 2.35 bits per heavy atom. The predicted octanol–water partition coefficient (Wildman–Crippen LogP) is 2.85. The molecule has 0 aliphatic carbocycles. The van der Waals surface area contributed by atoms with Crippen molar-refractivity contribution in [1.82, 2.24) is 0 Å². The first-order valence-electron chi connectivity index (χ1n) is 4.82. The lowest BCUT2D eigenvalue weighted by molar-refractivity contribution is -0.131. The number of methoxy groups -OCH3 is 2. The number of carbonyl (C=O) groups is 1. The number of hydrogen-bond acceptors (Lipinski definition) is 3. The largest absolute Gasteiger partial charge is 0.496 e. The second-order valence-electron chi connectivity index (χ2n) is 3.35. The number of ether oxygens (including phenoxy) is 2. The number of benzene rings is 1. The molecule has 0 spiro atoms. The van der Waals surface area contributed by atoms with E-state index in [4.69, 9.17) is 26.2 Å². The van der Waals surface area contributed by atoms with Gasteiger partial charge in [0.25, 0.3) is 0 Å². The van der Waals surface area contributed by atoms with Crippen LogP contribution in [-0.2, 0) is 4.79 Å². The summed E-state index contributed by atoms with van der Waals surface area (Å²) in [6.07, 6.45) is 1.10. The standard InChI is InChI=1S/C12H13ClO4/c1-7(4-12(14)15)8-5-11(17-3)9(13)6-10(8)16-2/h4-6H,1-3H3,(H,14,15)/b7-4+. The fraction of sp³-hybridized carbons (Fsp3) is 0.250. The first-order valence-corrected chi connectivity index (χ1v) is 5.20. The summed E-state index contributed by atoms with van der Waals surface area (Å²) >= 11 is 5.95. The molecule has 5 heteroatoms. The number of aliphatic carboxylic acids is 1. The third-order valence-electron chi connectivity index (χ3n) is 2.24. The molecule has 0 atom stereocenters. The van der Waals surface area contributed by atoms with Crippen molar-refractivity contribution < 1.29 is 19.4 Å². The van der Waals surface area contributed by atoms with E-state index in [0.717, 1.165) is 6.08 Å². The molecule has 0 saturated heterocycles. The fourth-order valence-corrected chi connectivity index (χ4v) is 1.66. The van der Waals surface area contributed by atoms with Crippen molar-refractivity contribution >= 4 is 23.1 Å². The first kappa shape index (κ1) is 13.4. The van der Waals surface area contributed by atoms with E-state index in [1.165, 1.54) is 14.2 Å². The molecule has 0 unspecified atom stereocenters. The molecule has 0 aliphatic heterocycles. The van der Waals surface area contributed by atoms with E-state index in [9.17, 15) is 4.79 Å². The second-order valence-corrected chi connectivity index (χ2v) is 3.76. The van der Waals surface area contributed by atoms with Gasteiger partial charge in [-0.2, -0.15) is 0 Å². The molecule has 0 aromatic heterocycles. The Kier molecular flexibility index (Phi) is 4.40. The summed E-state index contributed by atoms with van der Waals surface area (Å²) in [5, 5.41) is 9.13. The van der Waals surface area contributed by atoms with E-state index in [-0.39, 0.29) is 0 Å². The quantitative estimate of drug-likeness (QED) is 0.842. The number of carboxylic acid groups (broad SMARTS) is 1. The molecule has 0 heterocycles. The van der Waals surface area contributed by atoms with Gasteiger partial charge in [0.15, 0.2) is 0 Å². The van der Waals surface area contributed by atoms with E-state index in [2.05, 4.69) is 0 Å². The monoisotopic (exact) mass is 256 g/mol. The minimum atomic E-state index is -1.02. The van der Waals surface area contributed by atoms with Crippen LogP contribution in [0.25, 0.3) is 5.57 Å². The molecule has 0 radical (unpaired) electrons. The van der Waals surface area contributed by atoms with Crippen molar-refractivity contribution in [1.29, 1.82) is 0 Å². The fourth-order valence-electron chi connectivity index (χ4n) is 1.43.